The number of hydrogen-bond acceptors (Lipinski definition) is 8. The van der Waals surface area contributed by atoms with Gasteiger partial charge in [-0.25, -0.2) is 0 Å². The van der Waals surface area contributed by atoms with Crippen LogP contribution in [0.15, 0.2) is 58.3 Å². The van der Waals surface area contributed by atoms with E-state index in [-0.39, 0.29) is 39.2 Å². The van der Waals surface area contributed by atoms with Crippen molar-refractivity contribution in [2.45, 2.75) is 65.2 Å². The van der Waals surface area contributed by atoms with Gasteiger partial charge in [0.15, 0.2) is 0 Å². The maximum atomic E-state index is 12.5. The van der Waals surface area contributed by atoms with E-state index in [9.17, 15) is 16.8 Å². The van der Waals surface area contributed by atoms with Crippen LogP contribution in [0.2, 0.25) is 0 Å². The van der Waals surface area contributed by atoms with Gasteiger partial charge < -0.3 is 0 Å². The third-order valence-electron chi connectivity index (χ3n) is 5.80. The zero-order valence-electron chi connectivity index (χ0n) is 24.4. The van der Waals surface area contributed by atoms with Crippen LogP contribution >= 0.6 is 23.5 Å². The standard InChI is InChI=1S/C29H44O6S4/c1-23-9-13-25(14-10-23)38(30,31)34-17-27(3,4)19-36-21-29(7,8)22-37-20-28(5,6)18-35-39(32,33)26-15-11-24(2)12-16-26/h9-16H,17-22H2,1-8H3. The summed E-state index contributed by atoms with van der Waals surface area (Å²) in [7, 11) is -7.56. The molecule has 0 saturated heterocycles. The zero-order valence-corrected chi connectivity index (χ0v) is 27.7. The van der Waals surface area contributed by atoms with Gasteiger partial charge in [0.05, 0.1) is 23.0 Å². The molecule has 0 bridgehead atoms. The highest BCUT2D eigenvalue weighted by atomic mass is 32.2. The summed E-state index contributed by atoms with van der Waals surface area (Å²) in [6.07, 6.45) is 0. The highest BCUT2D eigenvalue weighted by Gasteiger charge is 2.28. The predicted molar refractivity (Wildman–Crippen MR) is 165 cm³/mol. The van der Waals surface area contributed by atoms with Crippen LogP contribution in [0.1, 0.15) is 52.7 Å². The Hall–Kier alpha value is -1.04. The van der Waals surface area contributed by atoms with E-state index in [2.05, 4.69) is 13.8 Å². The Bertz CT molecular complexity index is 1160. The molecule has 2 aromatic carbocycles. The summed E-state index contributed by atoms with van der Waals surface area (Å²) in [5.74, 6) is 3.35. The Morgan fingerprint density at radius 1 is 0.538 bits per heavy atom. The third kappa shape index (κ3) is 12.2. The number of benzene rings is 2. The minimum absolute atomic E-state index is 0.0468. The molecule has 0 aliphatic heterocycles. The van der Waals surface area contributed by atoms with Crippen LogP contribution in [0.25, 0.3) is 0 Å². The van der Waals surface area contributed by atoms with E-state index in [0.29, 0.717) is 0 Å². The Kier molecular flexibility index (Phi) is 12.0. The Balaban J connectivity index is 1.75. The summed E-state index contributed by atoms with van der Waals surface area (Å²) in [6.45, 7) is 16.5. The fourth-order valence-electron chi connectivity index (χ4n) is 3.35. The summed E-state index contributed by atoms with van der Waals surface area (Å²) in [5, 5.41) is 0. The second kappa shape index (κ2) is 13.7. The molecule has 2 rings (SSSR count). The summed E-state index contributed by atoms with van der Waals surface area (Å²) in [6, 6.07) is 13.3. The molecule has 0 spiro atoms. The van der Waals surface area contributed by atoms with Crippen LogP contribution in [0.3, 0.4) is 0 Å². The van der Waals surface area contributed by atoms with E-state index in [4.69, 9.17) is 8.37 Å². The van der Waals surface area contributed by atoms with E-state index in [0.717, 1.165) is 34.1 Å². The van der Waals surface area contributed by atoms with Gasteiger partial charge in [-0.05, 0) is 65.9 Å². The van der Waals surface area contributed by atoms with Gasteiger partial charge in [0, 0.05) is 11.5 Å². The average molecular weight is 617 g/mol. The largest absolute Gasteiger partial charge is 0.296 e. The Morgan fingerprint density at radius 3 is 1.13 bits per heavy atom. The van der Waals surface area contributed by atoms with Gasteiger partial charge in [0.2, 0.25) is 0 Å². The molecule has 6 nitrogen and oxygen atoms in total. The maximum Gasteiger partial charge on any atom is 0.296 e. The normalized spacial score (nSPS) is 13.5. The predicted octanol–water partition coefficient (Wildman–Crippen LogP) is 6.96. The summed E-state index contributed by atoms with van der Waals surface area (Å²) >= 11 is 3.59. The highest BCUT2D eigenvalue weighted by Crippen LogP contribution is 2.33. The molecule has 0 radical (unpaired) electrons. The van der Waals surface area contributed by atoms with Crippen molar-refractivity contribution in [3.63, 3.8) is 0 Å². The van der Waals surface area contributed by atoms with Gasteiger partial charge in [0.25, 0.3) is 20.2 Å². The molecule has 0 unspecified atom stereocenters. The molecule has 220 valence electrons. The van der Waals surface area contributed by atoms with Gasteiger partial charge in [-0.15, -0.1) is 0 Å². The molecule has 0 saturated carbocycles. The van der Waals surface area contributed by atoms with Crippen molar-refractivity contribution in [1.29, 1.82) is 0 Å². The second-order valence-corrected chi connectivity index (χ2v) is 17.7. The van der Waals surface area contributed by atoms with Gasteiger partial charge in [-0.1, -0.05) is 76.9 Å². The van der Waals surface area contributed by atoms with Crippen LogP contribution in [-0.2, 0) is 28.6 Å². The summed E-state index contributed by atoms with van der Waals surface area (Å²) in [5.41, 5.74) is 1.41. The topological polar surface area (TPSA) is 86.7 Å². The van der Waals surface area contributed by atoms with Gasteiger partial charge in [0.1, 0.15) is 0 Å². The fourth-order valence-corrected chi connectivity index (χ4v) is 8.43. The molecule has 0 atom stereocenters. The fraction of sp³-hybridized carbons (Fsp3) is 0.586. The van der Waals surface area contributed by atoms with Crippen molar-refractivity contribution in [1.82, 2.24) is 0 Å². The third-order valence-corrected chi connectivity index (χ3v) is 12.3. The second-order valence-electron chi connectivity index (χ2n) is 12.5. The first-order valence-electron chi connectivity index (χ1n) is 12.9. The maximum absolute atomic E-state index is 12.5. The van der Waals surface area contributed by atoms with Crippen LogP contribution in [0.4, 0.5) is 0 Å². The molecule has 10 heteroatoms. The van der Waals surface area contributed by atoms with Gasteiger partial charge in [-0.2, -0.15) is 40.4 Å². The quantitative estimate of drug-likeness (QED) is 0.187. The van der Waals surface area contributed by atoms with E-state index < -0.39 is 20.2 Å². The first kappa shape index (κ1) is 34.2. The lowest BCUT2D eigenvalue weighted by Gasteiger charge is -2.30. The van der Waals surface area contributed by atoms with Crippen molar-refractivity contribution in [2.75, 3.05) is 36.2 Å². The van der Waals surface area contributed by atoms with Crippen LogP contribution in [0.5, 0.6) is 0 Å². The van der Waals surface area contributed by atoms with Gasteiger partial charge in [-0.3, -0.25) is 8.37 Å². The number of rotatable bonds is 16. The number of aryl methyl sites for hydroxylation is 2. The molecule has 0 amide bonds. The Morgan fingerprint density at radius 2 is 0.821 bits per heavy atom. The SMILES string of the molecule is Cc1ccc(S(=O)(=O)OCC(C)(C)CSCC(C)(C)CSCC(C)(C)COS(=O)(=O)c2ccc(C)cc2)cc1. The number of hydrogen-bond donors (Lipinski definition) is 0. The molecular weight excluding hydrogens is 573 g/mol. The minimum Gasteiger partial charge on any atom is -0.266 e. The van der Waals surface area contributed by atoms with E-state index in [1.807, 2.05) is 41.5 Å². The van der Waals surface area contributed by atoms with E-state index >= 15 is 0 Å². The molecule has 0 fully saturated rings. The molecule has 0 N–H and O–H groups in total. The molecule has 0 aliphatic rings. The molecule has 39 heavy (non-hydrogen) atoms. The van der Waals surface area contributed by atoms with Crippen LogP contribution < -0.4 is 0 Å². The molecule has 0 aliphatic carbocycles. The van der Waals surface area contributed by atoms with E-state index in [1.54, 1.807) is 72.1 Å². The van der Waals surface area contributed by atoms with Crippen molar-refractivity contribution in [2.24, 2.45) is 16.2 Å². The van der Waals surface area contributed by atoms with E-state index in [1.165, 1.54) is 0 Å². The monoisotopic (exact) mass is 616 g/mol. The Labute approximate surface area is 245 Å². The summed E-state index contributed by atoms with van der Waals surface area (Å²) < 4.78 is 60.9. The van der Waals surface area contributed by atoms with Crippen molar-refractivity contribution in [3.05, 3.63) is 59.7 Å². The lowest BCUT2D eigenvalue weighted by atomic mass is 9.98. The van der Waals surface area contributed by atoms with Crippen molar-refractivity contribution in [3.8, 4) is 0 Å². The van der Waals surface area contributed by atoms with Crippen molar-refractivity contribution >= 4 is 43.8 Å². The van der Waals surface area contributed by atoms with Crippen LogP contribution in [-0.4, -0.2) is 53.1 Å². The van der Waals surface area contributed by atoms with Crippen molar-refractivity contribution < 1.29 is 25.2 Å². The molecule has 0 aromatic heterocycles. The first-order valence-corrected chi connectivity index (χ1v) is 18.0. The lowest BCUT2D eigenvalue weighted by molar-refractivity contribution is 0.207. The first-order chi connectivity index (χ1) is 17.8. The smallest absolute Gasteiger partial charge is 0.266 e. The molecule has 2 aromatic rings. The average Bonchev–Trinajstić information content (AvgIpc) is 2.82. The highest BCUT2D eigenvalue weighted by molar-refractivity contribution is 8.00. The molecule has 0 heterocycles. The summed E-state index contributed by atoms with van der Waals surface area (Å²) in [4.78, 5) is 0.353. The lowest BCUT2D eigenvalue weighted by Crippen LogP contribution is -2.28. The number of thioether (sulfide) groups is 2. The van der Waals surface area contributed by atoms with Gasteiger partial charge >= 0.3 is 0 Å². The molecular formula is C29H44O6S4. The zero-order chi connectivity index (χ0) is 29.5. The minimum atomic E-state index is -3.78. The van der Waals surface area contributed by atoms with Crippen LogP contribution in [0, 0.1) is 30.1 Å².